The Morgan fingerprint density at radius 3 is 2.62 bits per heavy atom. The van der Waals surface area contributed by atoms with Gasteiger partial charge in [0.2, 0.25) is 6.79 Å². The predicted molar refractivity (Wildman–Crippen MR) is 72.8 cm³/mol. The van der Waals surface area contributed by atoms with Crippen LogP contribution in [0.25, 0.3) is 0 Å². The molecule has 0 spiro atoms. The zero-order valence-electron chi connectivity index (χ0n) is 11.3. The summed E-state index contributed by atoms with van der Waals surface area (Å²) in [6.07, 6.45) is -0.469. The van der Waals surface area contributed by atoms with Gasteiger partial charge in [-0.25, -0.2) is 9.18 Å². The molecule has 3 rings (SSSR count). The van der Waals surface area contributed by atoms with Gasteiger partial charge >= 0.3 is 5.97 Å². The van der Waals surface area contributed by atoms with Crippen LogP contribution in [0.2, 0.25) is 0 Å². The second kappa shape index (κ2) is 5.44. The average Bonchev–Trinajstić information content (AvgIpc) is 2.95. The van der Waals surface area contributed by atoms with E-state index in [4.69, 9.17) is 14.2 Å². The topological polar surface area (TPSA) is 44.8 Å². The SMILES string of the molecule is CC(OC(=O)c1ccc2c(c1)OCO2)c1ccc(F)cc1. The number of hydrogen-bond acceptors (Lipinski definition) is 4. The Morgan fingerprint density at radius 1 is 1.14 bits per heavy atom. The van der Waals surface area contributed by atoms with E-state index in [1.165, 1.54) is 12.1 Å². The Morgan fingerprint density at radius 2 is 1.86 bits per heavy atom. The molecule has 0 radical (unpaired) electrons. The number of fused-ring (bicyclic) bond motifs is 1. The number of halogens is 1. The smallest absolute Gasteiger partial charge is 0.338 e. The Labute approximate surface area is 121 Å². The lowest BCUT2D eigenvalue weighted by molar-refractivity contribution is 0.0337. The van der Waals surface area contributed by atoms with Crippen LogP contribution in [0.1, 0.15) is 28.9 Å². The molecule has 1 aliphatic rings. The van der Waals surface area contributed by atoms with E-state index >= 15 is 0 Å². The van der Waals surface area contributed by atoms with Gasteiger partial charge in [-0.15, -0.1) is 0 Å². The second-order valence-corrected chi connectivity index (χ2v) is 4.67. The molecule has 0 aliphatic carbocycles. The van der Waals surface area contributed by atoms with Gasteiger partial charge in [-0.2, -0.15) is 0 Å². The molecule has 1 unspecified atom stereocenters. The molecular formula is C16H13FO4. The third-order valence-electron chi connectivity index (χ3n) is 3.23. The van der Waals surface area contributed by atoms with Gasteiger partial charge in [-0.1, -0.05) is 12.1 Å². The van der Waals surface area contributed by atoms with Crippen molar-refractivity contribution in [3.05, 3.63) is 59.4 Å². The highest BCUT2D eigenvalue weighted by Crippen LogP contribution is 2.33. The maximum absolute atomic E-state index is 12.9. The summed E-state index contributed by atoms with van der Waals surface area (Å²) in [5, 5.41) is 0. The van der Waals surface area contributed by atoms with E-state index in [0.29, 0.717) is 17.1 Å². The number of hydrogen-bond donors (Lipinski definition) is 0. The summed E-state index contributed by atoms with van der Waals surface area (Å²) in [4.78, 5) is 12.1. The Kier molecular flexibility index (Phi) is 3.48. The highest BCUT2D eigenvalue weighted by atomic mass is 19.1. The fourth-order valence-electron chi connectivity index (χ4n) is 2.05. The molecule has 1 aliphatic heterocycles. The zero-order valence-corrected chi connectivity index (χ0v) is 11.3. The molecule has 21 heavy (non-hydrogen) atoms. The molecule has 1 heterocycles. The van der Waals surface area contributed by atoms with Gasteiger partial charge in [0, 0.05) is 0 Å². The van der Waals surface area contributed by atoms with Crippen molar-refractivity contribution in [1.29, 1.82) is 0 Å². The minimum atomic E-state index is -0.469. The molecule has 0 aromatic heterocycles. The fraction of sp³-hybridized carbons (Fsp3) is 0.188. The van der Waals surface area contributed by atoms with Crippen molar-refractivity contribution in [2.24, 2.45) is 0 Å². The van der Waals surface area contributed by atoms with Gasteiger partial charge in [-0.3, -0.25) is 0 Å². The van der Waals surface area contributed by atoms with Crippen LogP contribution < -0.4 is 9.47 Å². The zero-order chi connectivity index (χ0) is 14.8. The maximum atomic E-state index is 12.9. The van der Waals surface area contributed by atoms with Gasteiger partial charge in [0.1, 0.15) is 11.9 Å². The average molecular weight is 288 g/mol. The lowest BCUT2D eigenvalue weighted by Crippen LogP contribution is -2.09. The molecule has 0 fully saturated rings. The molecule has 1 atom stereocenters. The Bertz CT molecular complexity index is 666. The van der Waals surface area contributed by atoms with Crippen molar-refractivity contribution in [1.82, 2.24) is 0 Å². The van der Waals surface area contributed by atoms with Crippen LogP contribution >= 0.6 is 0 Å². The third kappa shape index (κ3) is 2.81. The van der Waals surface area contributed by atoms with Crippen LogP contribution in [-0.2, 0) is 4.74 Å². The van der Waals surface area contributed by atoms with Crippen molar-refractivity contribution in [2.75, 3.05) is 6.79 Å². The lowest BCUT2D eigenvalue weighted by atomic mass is 10.1. The van der Waals surface area contributed by atoms with Crippen LogP contribution in [0.4, 0.5) is 4.39 Å². The first-order valence-electron chi connectivity index (χ1n) is 6.49. The molecule has 4 nitrogen and oxygen atoms in total. The summed E-state index contributed by atoms with van der Waals surface area (Å²) in [6.45, 7) is 1.89. The second-order valence-electron chi connectivity index (χ2n) is 4.67. The molecule has 0 saturated heterocycles. The van der Waals surface area contributed by atoms with Gasteiger partial charge in [0.05, 0.1) is 5.56 Å². The van der Waals surface area contributed by atoms with E-state index in [1.807, 2.05) is 0 Å². The molecule has 108 valence electrons. The Hall–Kier alpha value is -2.56. The summed E-state index contributed by atoms with van der Waals surface area (Å²) in [5.41, 5.74) is 1.11. The first-order chi connectivity index (χ1) is 10.1. The van der Waals surface area contributed by atoms with Crippen molar-refractivity contribution in [2.45, 2.75) is 13.0 Å². The summed E-state index contributed by atoms with van der Waals surface area (Å²) >= 11 is 0. The van der Waals surface area contributed by atoms with Gasteiger partial charge in [0.25, 0.3) is 0 Å². The van der Waals surface area contributed by atoms with Crippen molar-refractivity contribution < 1.29 is 23.4 Å². The van der Waals surface area contributed by atoms with E-state index in [-0.39, 0.29) is 12.6 Å². The van der Waals surface area contributed by atoms with E-state index in [9.17, 15) is 9.18 Å². The fourth-order valence-corrected chi connectivity index (χ4v) is 2.05. The van der Waals surface area contributed by atoms with E-state index in [2.05, 4.69) is 0 Å². The number of rotatable bonds is 3. The first kappa shape index (κ1) is 13.4. The number of esters is 1. The van der Waals surface area contributed by atoms with Crippen molar-refractivity contribution in [3.63, 3.8) is 0 Å². The molecule has 5 heteroatoms. The molecule has 0 saturated carbocycles. The molecule has 0 bridgehead atoms. The summed E-state index contributed by atoms with van der Waals surface area (Å²) in [5.74, 6) is 0.343. The van der Waals surface area contributed by atoms with Crippen LogP contribution in [-0.4, -0.2) is 12.8 Å². The Balaban J connectivity index is 1.72. The van der Waals surface area contributed by atoms with Crippen LogP contribution in [0.15, 0.2) is 42.5 Å². The molecular weight excluding hydrogens is 275 g/mol. The van der Waals surface area contributed by atoms with Crippen molar-refractivity contribution in [3.8, 4) is 11.5 Å². The minimum Gasteiger partial charge on any atom is -0.454 e. The first-order valence-corrected chi connectivity index (χ1v) is 6.49. The van der Waals surface area contributed by atoms with Gasteiger partial charge in [-0.05, 0) is 42.8 Å². The normalized spacial score (nSPS) is 13.8. The third-order valence-corrected chi connectivity index (χ3v) is 3.23. The molecule has 2 aromatic rings. The predicted octanol–water partition coefficient (Wildman–Crippen LogP) is 3.47. The van der Waals surface area contributed by atoms with Crippen LogP contribution in [0, 0.1) is 5.82 Å². The summed E-state index contributed by atoms with van der Waals surface area (Å²) < 4.78 is 28.6. The van der Waals surface area contributed by atoms with E-state index in [1.54, 1.807) is 37.3 Å². The molecule has 0 amide bonds. The van der Waals surface area contributed by atoms with Crippen LogP contribution in [0.3, 0.4) is 0 Å². The highest BCUT2D eigenvalue weighted by molar-refractivity contribution is 5.90. The number of carbonyl (C=O) groups excluding carboxylic acids is 1. The van der Waals surface area contributed by atoms with E-state index in [0.717, 1.165) is 5.56 Å². The minimum absolute atomic E-state index is 0.153. The number of carbonyl (C=O) groups is 1. The standard InChI is InChI=1S/C16H13FO4/c1-10(11-2-5-13(17)6-3-11)21-16(18)12-4-7-14-15(8-12)20-9-19-14/h2-8,10H,9H2,1H3. The molecule has 2 aromatic carbocycles. The quantitative estimate of drug-likeness (QED) is 0.811. The van der Waals surface area contributed by atoms with Crippen LogP contribution in [0.5, 0.6) is 11.5 Å². The number of benzene rings is 2. The monoisotopic (exact) mass is 288 g/mol. The number of ether oxygens (including phenoxy) is 3. The van der Waals surface area contributed by atoms with E-state index < -0.39 is 12.1 Å². The maximum Gasteiger partial charge on any atom is 0.338 e. The largest absolute Gasteiger partial charge is 0.454 e. The van der Waals surface area contributed by atoms with Crippen molar-refractivity contribution >= 4 is 5.97 Å². The summed E-state index contributed by atoms with van der Waals surface area (Å²) in [7, 11) is 0. The highest BCUT2D eigenvalue weighted by Gasteiger charge is 2.19. The summed E-state index contributed by atoms with van der Waals surface area (Å²) in [6, 6.07) is 10.7. The molecule has 0 N–H and O–H groups in total. The van der Waals surface area contributed by atoms with Gasteiger partial charge < -0.3 is 14.2 Å². The van der Waals surface area contributed by atoms with Gasteiger partial charge in [0.15, 0.2) is 11.5 Å². The lowest BCUT2D eigenvalue weighted by Gasteiger charge is -2.13.